The quantitative estimate of drug-likeness (QED) is 0.541. The fraction of sp³-hybridized carbons (Fsp3) is 0. The van der Waals surface area contributed by atoms with Gasteiger partial charge in [0.15, 0.2) is 5.71 Å². The molecule has 0 saturated carbocycles. The Morgan fingerprint density at radius 1 is 1.67 bits per heavy atom. The van der Waals surface area contributed by atoms with Crippen molar-refractivity contribution in [1.29, 1.82) is 5.41 Å². The fourth-order valence-electron chi connectivity index (χ4n) is 0.729. The van der Waals surface area contributed by atoms with Crippen LogP contribution in [0.3, 0.4) is 0 Å². The molecule has 0 aromatic carbocycles. The number of nitrogens with two attached hydrogens (primary N) is 1. The van der Waals surface area contributed by atoms with Crippen LogP contribution in [0.4, 0.5) is 5.69 Å². The summed E-state index contributed by atoms with van der Waals surface area (Å²) >= 11 is 0. The second-order valence-corrected chi connectivity index (χ2v) is 2.14. The number of aliphatic carboxylic acids is 1. The van der Waals surface area contributed by atoms with Crippen molar-refractivity contribution >= 4 is 17.4 Å². The zero-order valence-electron chi connectivity index (χ0n) is 6.11. The van der Waals surface area contributed by atoms with Crippen LogP contribution in [0, 0.1) is 5.41 Å². The topological polar surface area (TPSA) is 100 Å². The van der Waals surface area contributed by atoms with Gasteiger partial charge in [-0.3, -0.25) is 10.4 Å². The van der Waals surface area contributed by atoms with E-state index in [2.05, 4.69) is 4.98 Å². The third kappa shape index (κ3) is 1.39. The first-order valence-electron chi connectivity index (χ1n) is 3.14. The van der Waals surface area contributed by atoms with E-state index in [1.165, 1.54) is 18.5 Å². The van der Waals surface area contributed by atoms with Gasteiger partial charge in [0.1, 0.15) is 0 Å². The SMILES string of the molecule is N=C(C(=O)O)c1cnccc1N. The monoisotopic (exact) mass is 165 g/mol. The number of hydrogen-bond acceptors (Lipinski definition) is 4. The number of anilines is 1. The summed E-state index contributed by atoms with van der Waals surface area (Å²) < 4.78 is 0. The van der Waals surface area contributed by atoms with E-state index in [1.54, 1.807) is 0 Å². The predicted molar refractivity (Wildman–Crippen MR) is 43.1 cm³/mol. The van der Waals surface area contributed by atoms with Crippen molar-refractivity contribution in [2.24, 2.45) is 0 Å². The van der Waals surface area contributed by atoms with Gasteiger partial charge < -0.3 is 10.8 Å². The van der Waals surface area contributed by atoms with Gasteiger partial charge in [-0.25, -0.2) is 4.79 Å². The Morgan fingerprint density at radius 3 is 2.83 bits per heavy atom. The van der Waals surface area contributed by atoms with Gasteiger partial charge in [-0.15, -0.1) is 0 Å². The highest BCUT2D eigenvalue weighted by atomic mass is 16.4. The van der Waals surface area contributed by atoms with Crippen LogP contribution in [-0.2, 0) is 4.79 Å². The Bertz CT molecular complexity index is 335. The first-order chi connectivity index (χ1) is 5.63. The van der Waals surface area contributed by atoms with E-state index in [9.17, 15) is 4.79 Å². The minimum absolute atomic E-state index is 0.144. The molecule has 0 aliphatic rings. The largest absolute Gasteiger partial charge is 0.477 e. The zero-order valence-corrected chi connectivity index (χ0v) is 6.11. The molecule has 62 valence electrons. The van der Waals surface area contributed by atoms with Crippen molar-refractivity contribution in [3.05, 3.63) is 24.0 Å². The van der Waals surface area contributed by atoms with Gasteiger partial charge in [0.25, 0.3) is 0 Å². The van der Waals surface area contributed by atoms with Crippen molar-refractivity contribution in [3.63, 3.8) is 0 Å². The van der Waals surface area contributed by atoms with Crippen molar-refractivity contribution < 1.29 is 9.90 Å². The van der Waals surface area contributed by atoms with E-state index in [4.69, 9.17) is 16.2 Å². The van der Waals surface area contributed by atoms with Crippen LogP contribution in [0.2, 0.25) is 0 Å². The molecule has 12 heavy (non-hydrogen) atoms. The van der Waals surface area contributed by atoms with Gasteiger partial charge in [0.05, 0.1) is 0 Å². The van der Waals surface area contributed by atoms with Gasteiger partial charge >= 0.3 is 5.97 Å². The molecule has 5 heteroatoms. The zero-order chi connectivity index (χ0) is 9.14. The first kappa shape index (κ1) is 8.19. The molecule has 0 atom stereocenters. The lowest BCUT2D eigenvalue weighted by molar-refractivity contribution is -0.129. The lowest BCUT2D eigenvalue weighted by Crippen LogP contribution is -2.14. The van der Waals surface area contributed by atoms with Crippen molar-refractivity contribution in [2.75, 3.05) is 5.73 Å². The predicted octanol–water partition coefficient (Wildman–Crippen LogP) is 0.116. The highest BCUT2D eigenvalue weighted by Crippen LogP contribution is 2.08. The normalized spacial score (nSPS) is 9.33. The van der Waals surface area contributed by atoms with Gasteiger partial charge in [0, 0.05) is 23.6 Å². The van der Waals surface area contributed by atoms with Gasteiger partial charge in [-0.05, 0) is 6.07 Å². The molecule has 5 nitrogen and oxygen atoms in total. The summed E-state index contributed by atoms with van der Waals surface area (Å²) in [4.78, 5) is 14.0. The third-order valence-electron chi connectivity index (χ3n) is 1.34. The second-order valence-electron chi connectivity index (χ2n) is 2.14. The lowest BCUT2D eigenvalue weighted by atomic mass is 10.1. The molecule has 0 fully saturated rings. The van der Waals surface area contributed by atoms with E-state index in [-0.39, 0.29) is 11.3 Å². The molecule has 4 N–H and O–H groups in total. The van der Waals surface area contributed by atoms with Crippen molar-refractivity contribution in [3.8, 4) is 0 Å². The molecular weight excluding hydrogens is 158 g/mol. The summed E-state index contributed by atoms with van der Waals surface area (Å²) in [6.07, 6.45) is 2.69. The Kier molecular flexibility index (Phi) is 2.05. The molecule has 0 aliphatic carbocycles. The molecule has 0 saturated heterocycles. The molecule has 0 radical (unpaired) electrons. The number of carboxylic acids is 1. The number of pyridine rings is 1. The van der Waals surface area contributed by atoms with E-state index >= 15 is 0 Å². The number of nitrogens with zero attached hydrogens (tertiary/aromatic N) is 1. The summed E-state index contributed by atoms with van der Waals surface area (Å²) in [7, 11) is 0. The molecule has 0 unspecified atom stereocenters. The standard InChI is InChI=1S/C7H7N3O2/c8-5-1-2-10-3-4(5)6(9)7(11)12/h1-3,9H,(H2,8,10)(H,11,12). The molecule has 1 aromatic heterocycles. The average Bonchev–Trinajstić information content (AvgIpc) is 2.04. The van der Waals surface area contributed by atoms with E-state index in [0.29, 0.717) is 0 Å². The van der Waals surface area contributed by atoms with Gasteiger partial charge in [0.2, 0.25) is 0 Å². The lowest BCUT2D eigenvalue weighted by Gasteiger charge is -2.00. The Balaban J connectivity index is 3.11. The van der Waals surface area contributed by atoms with Crippen LogP contribution < -0.4 is 5.73 Å². The number of carboxylic acid groups (broad SMARTS) is 1. The summed E-state index contributed by atoms with van der Waals surface area (Å²) in [5.41, 5.74) is 5.27. The minimum atomic E-state index is -1.31. The highest BCUT2D eigenvalue weighted by Gasteiger charge is 2.12. The molecule has 0 aliphatic heterocycles. The maximum absolute atomic E-state index is 10.3. The van der Waals surface area contributed by atoms with Crippen LogP contribution in [0.1, 0.15) is 5.56 Å². The molecule has 1 aromatic rings. The molecule has 0 bridgehead atoms. The van der Waals surface area contributed by atoms with Crippen LogP contribution in [0.5, 0.6) is 0 Å². The second kappa shape index (κ2) is 3.00. The Morgan fingerprint density at radius 2 is 2.33 bits per heavy atom. The summed E-state index contributed by atoms with van der Waals surface area (Å²) in [5.74, 6) is -1.31. The van der Waals surface area contributed by atoms with Crippen LogP contribution >= 0.6 is 0 Å². The number of carbonyl (C=O) groups is 1. The number of rotatable bonds is 2. The van der Waals surface area contributed by atoms with Crippen LogP contribution in [0.15, 0.2) is 18.5 Å². The number of aromatic nitrogens is 1. The maximum atomic E-state index is 10.3. The number of nitrogens with one attached hydrogen (secondary N) is 1. The minimum Gasteiger partial charge on any atom is -0.477 e. The fourth-order valence-corrected chi connectivity index (χ4v) is 0.729. The van der Waals surface area contributed by atoms with Crippen LogP contribution in [0.25, 0.3) is 0 Å². The molecule has 0 amide bonds. The van der Waals surface area contributed by atoms with Crippen LogP contribution in [-0.4, -0.2) is 21.8 Å². The van der Waals surface area contributed by atoms with E-state index in [0.717, 1.165) is 0 Å². The van der Waals surface area contributed by atoms with E-state index < -0.39 is 11.7 Å². The molecular formula is C7H7N3O2. The maximum Gasteiger partial charge on any atom is 0.354 e. The summed E-state index contributed by atoms with van der Waals surface area (Å²) in [5, 5.41) is 15.6. The average molecular weight is 165 g/mol. The smallest absolute Gasteiger partial charge is 0.354 e. The summed E-state index contributed by atoms with van der Waals surface area (Å²) in [6, 6.07) is 1.45. The van der Waals surface area contributed by atoms with Gasteiger partial charge in [-0.2, -0.15) is 0 Å². The van der Waals surface area contributed by atoms with E-state index in [1.807, 2.05) is 0 Å². The summed E-state index contributed by atoms with van der Waals surface area (Å²) in [6.45, 7) is 0. The molecule has 1 rings (SSSR count). The van der Waals surface area contributed by atoms with Crippen molar-refractivity contribution in [1.82, 2.24) is 4.98 Å². The Labute approximate surface area is 68.4 Å². The van der Waals surface area contributed by atoms with Gasteiger partial charge in [-0.1, -0.05) is 0 Å². The number of nitrogen functional groups attached to an aromatic ring is 1. The first-order valence-corrected chi connectivity index (χ1v) is 3.14. The number of hydrogen-bond donors (Lipinski definition) is 3. The third-order valence-corrected chi connectivity index (χ3v) is 1.34. The molecule has 1 heterocycles. The highest BCUT2D eigenvalue weighted by molar-refractivity contribution is 6.42. The molecule has 0 spiro atoms. The van der Waals surface area contributed by atoms with Crippen molar-refractivity contribution in [2.45, 2.75) is 0 Å². The Hall–Kier alpha value is -1.91.